The van der Waals surface area contributed by atoms with Gasteiger partial charge in [-0.1, -0.05) is 31.3 Å². The predicted molar refractivity (Wildman–Crippen MR) is 76.5 cm³/mol. The molecule has 0 spiro atoms. The zero-order valence-corrected chi connectivity index (χ0v) is 12.7. The molecule has 0 saturated heterocycles. The Kier molecular flexibility index (Phi) is 7.72. The summed E-state index contributed by atoms with van der Waals surface area (Å²) < 4.78 is 11.5. The van der Waals surface area contributed by atoms with Gasteiger partial charge in [-0.25, -0.2) is 10.2 Å². The minimum atomic E-state index is -1.18. The van der Waals surface area contributed by atoms with Crippen molar-refractivity contribution >= 4 is 33.7 Å². The van der Waals surface area contributed by atoms with E-state index in [-0.39, 0.29) is 0 Å². The second-order valence-corrected chi connectivity index (χ2v) is 6.42. The largest absolute Gasteiger partial charge is 0.610 e. The molecule has 1 rings (SSSR count). The molecule has 0 aliphatic carbocycles. The Morgan fingerprint density at radius 2 is 2.16 bits per heavy atom. The number of hydrogen-bond acceptors (Lipinski definition) is 6. The van der Waals surface area contributed by atoms with Crippen LogP contribution in [0.5, 0.6) is 0 Å². The van der Waals surface area contributed by atoms with E-state index in [1.165, 1.54) is 19.1 Å². The van der Waals surface area contributed by atoms with Crippen LogP contribution in [-0.2, 0) is 11.2 Å². The predicted octanol–water partition coefficient (Wildman–Crippen LogP) is 1.48. The number of nitrogens with zero attached hydrogens (tertiary/aromatic N) is 2. The van der Waals surface area contributed by atoms with Crippen LogP contribution in [0.25, 0.3) is 0 Å². The second-order valence-electron chi connectivity index (χ2n) is 3.89. The highest BCUT2D eigenvalue weighted by atomic mass is 32.2. The lowest BCUT2D eigenvalue weighted by atomic mass is 10.2. The Hall–Kier alpha value is -0.900. The van der Waals surface area contributed by atoms with Crippen LogP contribution in [-0.4, -0.2) is 33.6 Å². The fourth-order valence-corrected chi connectivity index (χ4v) is 2.62. The van der Waals surface area contributed by atoms with Crippen LogP contribution in [0.4, 0.5) is 9.93 Å². The van der Waals surface area contributed by atoms with Gasteiger partial charge in [0.25, 0.3) is 0 Å². The zero-order chi connectivity index (χ0) is 14.1. The van der Waals surface area contributed by atoms with Crippen molar-refractivity contribution in [3.8, 4) is 0 Å². The Morgan fingerprint density at radius 1 is 1.37 bits per heavy atom. The average molecular weight is 305 g/mol. The third kappa shape index (κ3) is 6.71. The number of amides is 2. The highest BCUT2D eigenvalue weighted by molar-refractivity contribution is 7.92. The molecule has 3 N–H and O–H groups in total. The molecule has 1 heterocycles. The standard InChI is InChI=1S/C10H19N5O2S2/c1-3-4-5-6-7-11-13-8(16)12-9-14-15-10(18-9)19(2)17/h11H,3-7H2,1-2H3,(H2,12,13,14,16). The van der Waals surface area contributed by atoms with Crippen LogP contribution < -0.4 is 16.2 Å². The fraction of sp³-hybridized carbons (Fsp3) is 0.700. The number of carbonyl (C=O) groups excluding carboxylic acids is 1. The van der Waals surface area contributed by atoms with E-state index in [4.69, 9.17) is 0 Å². The van der Waals surface area contributed by atoms with Gasteiger partial charge in [0.1, 0.15) is 6.26 Å². The summed E-state index contributed by atoms with van der Waals surface area (Å²) >= 11 is -0.0780. The number of urea groups is 1. The van der Waals surface area contributed by atoms with Gasteiger partial charge in [-0.3, -0.25) is 10.7 Å². The first-order valence-electron chi connectivity index (χ1n) is 6.10. The van der Waals surface area contributed by atoms with Gasteiger partial charge in [0.15, 0.2) is 0 Å². The number of unbranched alkanes of at least 4 members (excludes halogenated alkanes) is 3. The average Bonchev–Trinajstić information content (AvgIpc) is 2.82. The van der Waals surface area contributed by atoms with Gasteiger partial charge in [-0.2, -0.15) is 0 Å². The summed E-state index contributed by atoms with van der Waals surface area (Å²) in [5.41, 5.74) is 5.34. The van der Waals surface area contributed by atoms with E-state index in [2.05, 4.69) is 33.3 Å². The van der Waals surface area contributed by atoms with Crippen molar-refractivity contribution in [3.63, 3.8) is 0 Å². The third-order valence-corrected chi connectivity index (χ3v) is 4.39. The normalized spacial score (nSPS) is 12.2. The van der Waals surface area contributed by atoms with E-state index in [9.17, 15) is 9.35 Å². The number of nitrogens with one attached hydrogen (secondary N) is 3. The topological polar surface area (TPSA) is 102 Å². The van der Waals surface area contributed by atoms with Crippen LogP contribution in [0, 0.1) is 0 Å². The van der Waals surface area contributed by atoms with Crippen LogP contribution in [0.1, 0.15) is 32.6 Å². The number of aromatic nitrogens is 2. The van der Waals surface area contributed by atoms with E-state index in [1.807, 2.05) is 0 Å². The Morgan fingerprint density at radius 3 is 2.79 bits per heavy atom. The SMILES string of the molecule is CCCCCCNNC(=O)Nc1nnc([S+](C)[O-])s1. The first kappa shape index (κ1) is 16.2. The molecule has 108 valence electrons. The monoisotopic (exact) mass is 305 g/mol. The molecule has 1 aromatic heterocycles. The molecular formula is C10H19N5O2S2. The van der Waals surface area contributed by atoms with Crippen molar-refractivity contribution in [2.75, 3.05) is 18.1 Å². The summed E-state index contributed by atoms with van der Waals surface area (Å²) in [5, 5.41) is 10.3. The molecule has 0 aliphatic heterocycles. The molecule has 0 bridgehead atoms. The molecule has 0 aliphatic rings. The highest BCUT2D eigenvalue weighted by Crippen LogP contribution is 2.19. The summed E-state index contributed by atoms with van der Waals surface area (Å²) in [4.78, 5) is 11.5. The molecule has 1 aromatic rings. The van der Waals surface area contributed by atoms with Gasteiger partial charge < -0.3 is 4.55 Å². The maximum atomic E-state index is 11.5. The molecule has 1 atom stereocenters. The van der Waals surface area contributed by atoms with Gasteiger partial charge in [-0.05, 0) is 17.8 Å². The van der Waals surface area contributed by atoms with Gasteiger partial charge >= 0.3 is 10.4 Å². The number of carbonyl (C=O) groups is 1. The van der Waals surface area contributed by atoms with E-state index in [0.717, 1.165) is 30.7 Å². The first-order chi connectivity index (χ1) is 9.13. The van der Waals surface area contributed by atoms with Crippen molar-refractivity contribution in [3.05, 3.63) is 0 Å². The lowest BCUT2D eigenvalue weighted by Gasteiger charge is -2.06. The van der Waals surface area contributed by atoms with E-state index < -0.39 is 17.2 Å². The molecule has 0 radical (unpaired) electrons. The van der Waals surface area contributed by atoms with Gasteiger partial charge in [-0.15, -0.1) is 5.10 Å². The minimum absolute atomic E-state index is 0.329. The molecule has 0 fully saturated rings. The quantitative estimate of drug-likeness (QED) is 0.292. The van der Waals surface area contributed by atoms with Crippen molar-refractivity contribution in [1.82, 2.24) is 21.0 Å². The lowest BCUT2D eigenvalue weighted by Crippen LogP contribution is -2.40. The number of hydrogen-bond donors (Lipinski definition) is 3. The van der Waals surface area contributed by atoms with Gasteiger partial charge in [0, 0.05) is 17.7 Å². The molecule has 2 amide bonds. The smallest absolute Gasteiger partial charge is 0.335 e. The molecule has 19 heavy (non-hydrogen) atoms. The molecule has 0 aromatic carbocycles. The van der Waals surface area contributed by atoms with E-state index in [0.29, 0.717) is 9.47 Å². The lowest BCUT2D eigenvalue weighted by molar-refractivity contribution is 0.248. The molecule has 9 heteroatoms. The summed E-state index contributed by atoms with van der Waals surface area (Å²) in [6, 6.07) is -0.403. The Bertz CT molecular complexity index is 386. The maximum Gasteiger partial charge on any atom is 0.335 e. The van der Waals surface area contributed by atoms with Crippen LogP contribution in [0.15, 0.2) is 4.34 Å². The number of rotatable bonds is 8. The van der Waals surface area contributed by atoms with Gasteiger partial charge in [0.2, 0.25) is 5.13 Å². The van der Waals surface area contributed by atoms with Gasteiger partial charge in [0.05, 0.1) is 0 Å². The minimum Gasteiger partial charge on any atom is -0.610 e. The molecule has 7 nitrogen and oxygen atoms in total. The van der Waals surface area contributed by atoms with Crippen molar-refractivity contribution in [2.45, 2.75) is 36.9 Å². The number of hydrazine groups is 1. The second kappa shape index (κ2) is 9.08. The van der Waals surface area contributed by atoms with Crippen molar-refractivity contribution in [2.24, 2.45) is 0 Å². The van der Waals surface area contributed by atoms with Crippen molar-refractivity contribution < 1.29 is 9.35 Å². The Balaban J connectivity index is 2.16. The highest BCUT2D eigenvalue weighted by Gasteiger charge is 2.13. The molecule has 1 unspecified atom stereocenters. The zero-order valence-electron chi connectivity index (χ0n) is 11.1. The van der Waals surface area contributed by atoms with E-state index >= 15 is 0 Å². The summed E-state index contributed by atoms with van der Waals surface area (Å²) in [7, 11) is 0. The maximum absolute atomic E-state index is 11.5. The first-order valence-corrected chi connectivity index (χ1v) is 8.47. The summed E-state index contributed by atoms with van der Waals surface area (Å²) in [6.07, 6.45) is 6.07. The fourth-order valence-electron chi connectivity index (χ4n) is 1.29. The summed E-state index contributed by atoms with van der Waals surface area (Å²) in [6.45, 7) is 2.88. The number of anilines is 1. The Labute approximate surface area is 119 Å². The van der Waals surface area contributed by atoms with Crippen LogP contribution in [0.3, 0.4) is 0 Å². The molecule has 0 saturated carbocycles. The van der Waals surface area contributed by atoms with Crippen LogP contribution in [0.2, 0.25) is 0 Å². The van der Waals surface area contributed by atoms with E-state index in [1.54, 1.807) is 0 Å². The summed E-state index contributed by atoms with van der Waals surface area (Å²) in [5.74, 6) is 0. The molecular weight excluding hydrogens is 286 g/mol. The van der Waals surface area contributed by atoms with Crippen LogP contribution >= 0.6 is 11.3 Å². The third-order valence-electron chi connectivity index (χ3n) is 2.23. The van der Waals surface area contributed by atoms with Crippen molar-refractivity contribution in [1.29, 1.82) is 0 Å².